The van der Waals surface area contributed by atoms with Gasteiger partial charge in [0.25, 0.3) is 0 Å². The van der Waals surface area contributed by atoms with Crippen LogP contribution in [-0.4, -0.2) is 23.9 Å². The van der Waals surface area contributed by atoms with Crippen LogP contribution in [0.3, 0.4) is 0 Å². The van der Waals surface area contributed by atoms with Gasteiger partial charge < -0.3 is 4.90 Å². The molecule has 1 aromatic heterocycles. The van der Waals surface area contributed by atoms with E-state index in [-0.39, 0.29) is 5.78 Å². The van der Waals surface area contributed by atoms with Crippen LogP contribution in [0.2, 0.25) is 0 Å². The number of hydrogen-bond donors (Lipinski definition) is 0. The van der Waals surface area contributed by atoms with Crippen LogP contribution in [0.1, 0.15) is 50.4 Å². The molecule has 3 nitrogen and oxygen atoms in total. The minimum atomic E-state index is 0.154. The maximum atomic E-state index is 11.5. The Morgan fingerprint density at radius 1 is 1.18 bits per heavy atom. The molecule has 0 saturated heterocycles. The van der Waals surface area contributed by atoms with E-state index in [0.717, 1.165) is 31.7 Å². The molecule has 0 unspecified atom stereocenters. The highest BCUT2D eigenvalue weighted by atomic mass is 16.1. The van der Waals surface area contributed by atoms with Crippen LogP contribution < -0.4 is 4.90 Å². The smallest absolute Gasteiger partial charge is 0.164 e. The molecule has 1 aromatic rings. The largest absolute Gasteiger partial charge is 0.357 e. The summed E-state index contributed by atoms with van der Waals surface area (Å²) in [4.78, 5) is 18.1. The monoisotopic (exact) mass is 234 g/mol. The lowest BCUT2D eigenvalue weighted by Gasteiger charge is -2.22. The van der Waals surface area contributed by atoms with Crippen LogP contribution in [0, 0.1) is 0 Å². The summed E-state index contributed by atoms with van der Waals surface area (Å²) in [6, 6.07) is 3.83. The fourth-order valence-electron chi connectivity index (χ4n) is 1.82. The van der Waals surface area contributed by atoms with Gasteiger partial charge in [-0.2, -0.15) is 0 Å². The molecular formula is C14H22N2O. The highest BCUT2D eigenvalue weighted by Gasteiger charge is 2.07. The summed E-state index contributed by atoms with van der Waals surface area (Å²) >= 11 is 0. The third-order valence-corrected chi connectivity index (χ3v) is 2.70. The lowest BCUT2D eigenvalue weighted by atomic mass is 10.1. The number of ketones is 1. The first-order chi connectivity index (χ1) is 8.22. The Hall–Kier alpha value is -1.38. The first-order valence-corrected chi connectivity index (χ1v) is 6.47. The zero-order chi connectivity index (χ0) is 12.7. The molecule has 0 N–H and O–H groups in total. The van der Waals surface area contributed by atoms with Gasteiger partial charge in [-0.3, -0.25) is 4.79 Å². The molecule has 0 spiro atoms. The van der Waals surface area contributed by atoms with E-state index in [1.165, 1.54) is 0 Å². The van der Waals surface area contributed by atoms with Gasteiger partial charge in [0.1, 0.15) is 5.82 Å². The molecule has 3 heteroatoms. The predicted octanol–water partition coefficient (Wildman–Crippen LogP) is 3.30. The van der Waals surface area contributed by atoms with Crippen LogP contribution in [0.15, 0.2) is 18.3 Å². The summed E-state index contributed by atoms with van der Waals surface area (Å²) in [5, 5.41) is 0. The Bertz CT molecular complexity index is 340. The summed E-state index contributed by atoms with van der Waals surface area (Å²) in [7, 11) is 0. The number of anilines is 1. The number of Topliss-reactive ketones (excluding diaryl/α,β-unsaturated/α-hetero) is 1. The van der Waals surface area contributed by atoms with Crippen LogP contribution in [-0.2, 0) is 0 Å². The van der Waals surface area contributed by atoms with E-state index in [2.05, 4.69) is 23.7 Å². The first kappa shape index (κ1) is 13.7. The second-order valence-corrected chi connectivity index (χ2v) is 4.17. The molecule has 17 heavy (non-hydrogen) atoms. The number of carbonyl (C=O) groups is 1. The molecule has 0 aliphatic heterocycles. The van der Waals surface area contributed by atoms with Gasteiger partial charge in [-0.1, -0.05) is 20.8 Å². The Kier molecular flexibility index (Phi) is 5.67. The molecule has 0 saturated carbocycles. The number of rotatable bonds is 7. The molecular weight excluding hydrogens is 212 g/mol. The molecule has 94 valence electrons. The normalized spacial score (nSPS) is 10.3. The van der Waals surface area contributed by atoms with Gasteiger partial charge in [0.2, 0.25) is 0 Å². The molecule has 0 fully saturated rings. The maximum absolute atomic E-state index is 11.5. The van der Waals surface area contributed by atoms with E-state index in [0.29, 0.717) is 12.0 Å². The van der Waals surface area contributed by atoms with Crippen LogP contribution in [0.5, 0.6) is 0 Å². The van der Waals surface area contributed by atoms with Crippen LogP contribution >= 0.6 is 0 Å². The van der Waals surface area contributed by atoms with E-state index in [1.54, 1.807) is 6.20 Å². The Morgan fingerprint density at radius 2 is 1.82 bits per heavy atom. The average Bonchev–Trinajstić information content (AvgIpc) is 2.38. The van der Waals surface area contributed by atoms with Gasteiger partial charge in [-0.25, -0.2) is 4.98 Å². The van der Waals surface area contributed by atoms with Crippen molar-refractivity contribution >= 4 is 11.6 Å². The van der Waals surface area contributed by atoms with Crippen LogP contribution in [0.4, 0.5) is 5.82 Å². The first-order valence-electron chi connectivity index (χ1n) is 6.47. The van der Waals surface area contributed by atoms with Gasteiger partial charge in [0, 0.05) is 31.3 Å². The topological polar surface area (TPSA) is 33.2 Å². The molecule has 0 aliphatic rings. The number of pyridine rings is 1. The second-order valence-electron chi connectivity index (χ2n) is 4.17. The molecule has 0 bridgehead atoms. The van der Waals surface area contributed by atoms with Gasteiger partial charge in [-0.15, -0.1) is 0 Å². The van der Waals surface area contributed by atoms with Gasteiger partial charge in [0.15, 0.2) is 5.78 Å². The van der Waals surface area contributed by atoms with Crippen molar-refractivity contribution in [3.05, 3.63) is 23.9 Å². The molecule has 1 heterocycles. The molecule has 0 radical (unpaired) electrons. The summed E-state index contributed by atoms with van der Waals surface area (Å²) < 4.78 is 0. The summed E-state index contributed by atoms with van der Waals surface area (Å²) in [5.41, 5.74) is 0.712. The van der Waals surface area contributed by atoms with Crippen molar-refractivity contribution in [2.45, 2.75) is 40.0 Å². The van der Waals surface area contributed by atoms with Crippen molar-refractivity contribution in [1.82, 2.24) is 4.98 Å². The zero-order valence-corrected chi connectivity index (χ0v) is 11.1. The SMILES string of the molecule is CCCN(CCC)c1ccc(C(=O)CC)cn1. The predicted molar refractivity (Wildman–Crippen MR) is 71.7 cm³/mol. The maximum Gasteiger partial charge on any atom is 0.164 e. The van der Waals surface area contributed by atoms with Gasteiger partial charge >= 0.3 is 0 Å². The summed E-state index contributed by atoms with van der Waals surface area (Å²) in [6.45, 7) is 8.23. The lowest BCUT2D eigenvalue weighted by Crippen LogP contribution is -2.25. The summed E-state index contributed by atoms with van der Waals surface area (Å²) in [6.07, 6.45) is 4.45. The molecule has 1 rings (SSSR count). The van der Waals surface area contributed by atoms with Crippen molar-refractivity contribution in [2.75, 3.05) is 18.0 Å². The fraction of sp³-hybridized carbons (Fsp3) is 0.571. The third-order valence-electron chi connectivity index (χ3n) is 2.70. The number of aromatic nitrogens is 1. The van der Waals surface area contributed by atoms with Gasteiger partial charge in [0.05, 0.1) is 0 Å². The summed E-state index contributed by atoms with van der Waals surface area (Å²) in [5.74, 6) is 1.13. The van der Waals surface area contributed by atoms with E-state index in [9.17, 15) is 4.79 Å². The molecule has 0 atom stereocenters. The average molecular weight is 234 g/mol. The Morgan fingerprint density at radius 3 is 2.24 bits per heavy atom. The third kappa shape index (κ3) is 3.84. The number of nitrogens with zero attached hydrogens (tertiary/aromatic N) is 2. The van der Waals surface area contributed by atoms with Crippen molar-refractivity contribution in [3.63, 3.8) is 0 Å². The van der Waals surface area contributed by atoms with Crippen molar-refractivity contribution in [3.8, 4) is 0 Å². The minimum absolute atomic E-state index is 0.154. The van der Waals surface area contributed by atoms with E-state index < -0.39 is 0 Å². The Balaban J connectivity index is 2.80. The van der Waals surface area contributed by atoms with Gasteiger partial charge in [-0.05, 0) is 25.0 Å². The second kappa shape index (κ2) is 7.05. The molecule has 0 aromatic carbocycles. The molecule has 0 aliphatic carbocycles. The highest BCUT2D eigenvalue weighted by Crippen LogP contribution is 2.13. The number of hydrogen-bond acceptors (Lipinski definition) is 3. The standard InChI is InChI=1S/C14H22N2O/c1-4-9-16(10-5-2)14-8-7-12(11-15-14)13(17)6-3/h7-8,11H,4-6,9-10H2,1-3H3. The van der Waals surface area contributed by atoms with Crippen LogP contribution in [0.25, 0.3) is 0 Å². The Labute approximate surface area is 104 Å². The highest BCUT2D eigenvalue weighted by molar-refractivity contribution is 5.95. The molecule has 0 amide bonds. The lowest BCUT2D eigenvalue weighted by molar-refractivity contribution is 0.0988. The fourth-order valence-corrected chi connectivity index (χ4v) is 1.82. The van der Waals surface area contributed by atoms with Crippen molar-refractivity contribution in [1.29, 1.82) is 0 Å². The number of carbonyl (C=O) groups excluding carboxylic acids is 1. The minimum Gasteiger partial charge on any atom is -0.357 e. The van der Waals surface area contributed by atoms with E-state index in [4.69, 9.17) is 0 Å². The van der Waals surface area contributed by atoms with Crippen molar-refractivity contribution < 1.29 is 4.79 Å². The quantitative estimate of drug-likeness (QED) is 0.679. The van der Waals surface area contributed by atoms with Crippen molar-refractivity contribution in [2.24, 2.45) is 0 Å². The van der Waals surface area contributed by atoms with E-state index in [1.807, 2.05) is 19.1 Å². The van der Waals surface area contributed by atoms with E-state index >= 15 is 0 Å². The zero-order valence-electron chi connectivity index (χ0n) is 11.1.